The first kappa shape index (κ1) is 15.2. The molecule has 0 bridgehead atoms. The van der Waals surface area contributed by atoms with E-state index < -0.39 is 0 Å². The van der Waals surface area contributed by atoms with Crippen LogP contribution in [0.5, 0.6) is 0 Å². The third kappa shape index (κ3) is 2.41. The quantitative estimate of drug-likeness (QED) is 0.657. The van der Waals surface area contributed by atoms with Gasteiger partial charge in [0.15, 0.2) is 0 Å². The normalized spacial score (nSPS) is 23.4. The van der Waals surface area contributed by atoms with Gasteiger partial charge >= 0.3 is 0 Å². The number of aryl methyl sites for hydroxylation is 1. The van der Waals surface area contributed by atoms with Crippen LogP contribution in [-0.4, -0.2) is 28.0 Å². The van der Waals surface area contributed by atoms with Crippen LogP contribution in [0.3, 0.4) is 0 Å². The van der Waals surface area contributed by atoms with Crippen LogP contribution >= 0.6 is 0 Å². The summed E-state index contributed by atoms with van der Waals surface area (Å²) >= 11 is 0. The van der Waals surface area contributed by atoms with Crippen LogP contribution < -0.4 is 0 Å². The van der Waals surface area contributed by atoms with Gasteiger partial charge in [-0.05, 0) is 62.2 Å². The molecule has 0 amide bonds. The first-order valence-corrected chi connectivity index (χ1v) is 9.41. The second-order valence-corrected chi connectivity index (χ2v) is 7.94. The Kier molecular flexibility index (Phi) is 3.46. The molecule has 128 valence electrons. The van der Waals surface area contributed by atoms with E-state index in [0.717, 1.165) is 13.1 Å². The lowest BCUT2D eigenvalue weighted by Crippen LogP contribution is -2.30. The lowest BCUT2D eigenvalue weighted by atomic mass is 9.88. The van der Waals surface area contributed by atoms with Gasteiger partial charge in [0, 0.05) is 60.5 Å². The van der Waals surface area contributed by atoms with Crippen LogP contribution in [0.25, 0.3) is 10.9 Å². The fraction of sp³-hybridized carbons (Fsp3) is 0.409. The van der Waals surface area contributed by atoms with Crippen molar-refractivity contribution in [3.63, 3.8) is 0 Å². The zero-order valence-electron chi connectivity index (χ0n) is 15.1. The van der Waals surface area contributed by atoms with E-state index in [9.17, 15) is 0 Å². The number of benzene rings is 1. The summed E-state index contributed by atoms with van der Waals surface area (Å²) in [5, 5.41) is 1.47. The highest BCUT2D eigenvalue weighted by atomic mass is 15.1. The maximum atomic E-state index is 4.21. The van der Waals surface area contributed by atoms with Crippen LogP contribution in [0.4, 0.5) is 0 Å². The Bertz CT molecular complexity index is 925. The van der Waals surface area contributed by atoms with Crippen molar-refractivity contribution in [3.8, 4) is 0 Å². The van der Waals surface area contributed by atoms with E-state index in [4.69, 9.17) is 0 Å². The fourth-order valence-corrected chi connectivity index (χ4v) is 5.03. The van der Waals surface area contributed by atoms with Crippen molar-refractivity contribution in [2.45, 2.75) is 44.7 Å². The predicted molar refractivity (Wildman–Crippen MR) is 102 cm³/mol. The fourth-order valence-electron chi connectivity index (χ4n) is 5.03. The van der Waals surface area contributed by atoms with Gasteiger partial charge in [-0.15, -0.1) is 0 Å². The maximum absolute atomic E-state index is 4.21. The second kappa shape index (κ2) is 5.70. The molecule has 2 aliphatic heterocycles. The summed E-state index contributed by atoms with van der Waals surface area (Å²) < 4.78 is 2.65. The minimum Gasteiger partial charge on any atom is -0.343 e. The van der Waals surface area contributed by atoms with E-state index >= 15 is 0 Å². The third-order valence-electron chi connectivity index (χ3n) is 6.16. The number of aromatic nitrogens is 2. The average molecular weight is 331 g/mol. The maximum Gasteiger partial charge on any atom is 0.0486 e. The van der Waals surface area contributed by atoms with Crippen LogP contribution in [0, 0.1) is 6.92 Å². The Morgan fingerprint density at radius 2 is 1.80 bits per heavy atom. The molecule has 0 saturated heterocycles. The number of hydrogen-bond acceptors (Lipinski definition) is 2. The monoisotopic (exact) mass is 331 g/mol. The SMILES string of the molecule is Cc1ccc2c(c1)c1c3n2CC(c2ccncc2)CCC3CN(C)C1. The number of fused-ring (bicyclic) bond motifs is 3. The first-order valence-electron chi connectivity index (χ1n) is 9.41. The molecule has 3 heteroatoms. The molecule has 25 heavy (non-hydrogen) atoms. The van der Waals surface area contributed by atoms with Gasteiger partial charge in [0.1, 0.15) is 0 Å². The summed E-state index contributed by atoms with van der Waals surface area (Å²) in [5.74, 6) is 1.24. The van der Waals surface area contributed by atoms with Crippen molar-refractivity contribution in [3.05, 3.63) is 65.1 Å². The van der Waals surface area contributed by atoms with Gasteiger partial charge in [-0.2, -0.15) is 0 Å². The number of nitrogens with zero attached hydrogens (tertiary/aromatic N) is 3. The largest absolute Gasteiger partial charge is 0.343 e. The summed E-state index contributed by atoms with van der Waals surface area (Å²) in [6.45, 7) is 5.57. The molecule has 5 rings (SSSR count). The van der Waals surface area contributed by atoms with Crippen molar-refractivity contribution < 1.29 is 0 Å². The van der Waals surface area contributed by atoms with Gasteiger partial charge in [-0.1, -0.05) is 11.6 Å². The summed E-state index contributed by atoms with van der Waals surface area (Å²) in [5.41, 5.74) is 7.42. The lowest BCUT2D eigenvalue weighted by molar-refractivity contribution is 0.272. The molecule has 2 atom stereocenters. The standard InChI is InChI=1S/C22H25N3/c1-15-3-6-21-19(11-15)20-14-24(2)12-18-5-4-17(13-25(21)22(18)20)16-7-9-23-10-8-16/h3,6-11,17-18H,4-5,12-14H2,1-2H3. The summed E-state index contributed by atoms with van der Waals surface area (Å²) in [6.07, 6.45) is 6.41. The Morgan fingerprint density at radius 1 is 1.00 bits per heavy atom. The van der Waals surface area contributed by atoms with Crippen molar-refractivity contribution in [2.75, 3.05) is 13.6 Å². The smallest absolute Gasteiger partial charge is 0.0486 e. The van der Waals surface area contributed by atoms with Crippen molar-refractivity contribution >= 4 is 10.9 Å². The van der Waals surface area contributed by atoms with E-state index in [2.05, 4.69) is 58.8 Å². The Morgan fingerprint density at radius 3 is 2.64 bits per heavy atom. The molecule has 2 aromatic heterocycles. The average Bonchev–Trinajstić information content (AvgIpc) is 2.79. The summed E-state index contributed by atoms with van der Waals surface area (Å²) in [7, 11) is 2.27. The zero-order valence-corrected chi connectivity index (χ0v) is 15.1. The Hall–Kier alpha value is -2.13. The Labute approximate surface area is 149 Å². The minimum atomic E-state index is 0.583. The number of rotatable bonds is 1. The van der Waals surface area contributed by atoms with Crippen molar-refractivity contribution in [1.82, 2.24) is 14.5 Å². The molecule has 0 saturated carbocycles. The van der Waals surface area contributed by atoms with Gasteiger partial charge in [-0.25, -0.2) is 0 Å². The molecule has 3 nitrogen and oxygen atoms in total. The van der Waals surface area contributed by atoms with Gasteiger partial charge in [-0.3, -0.25) is 4.98 Å². The van der Waals surface area contributed by atoms with Crippen LogP contribution in [0.15, 0.2) is 42.7 Å². The molecule has 1 aromatic carbocycles. The molecule has 0 spiro atoms. The van der Waals surface area contributed by atoms with Gasteiger partial charge in [0.2, 0.25) is 0 Å². The first-order chi connectivity index (χ1) is 12.2. The lowest BCUT2D eigenvalue weighted by Gasteiger charge is -2.30. The van der Waals surface area contributed by atoms with E-state index in [1.165, 1.54) is 41.4 Å². The highest BCUT2D eigenvalue weighted by molar-refractivity contribution is 5.87. The molecule has 2 aliphatic rings. The minimum absolute atomic E-state index is 0.583. The molecule has 0 fully saturated rings. The van der Waals surface area contributed by atoms with Crippen molar-refractivity contribution in [2.24, 2.45) is 0 Å². The molecule has 0 aliphatic carbocycles. The molecular formula is C22H25N3. The molecule has 0 N–H and O–H groups in total. The highest BCUT2D eigenvalue weighted by Crippen LogP contribution is 2.43. The third-order valence-corrected chi connectivity index (χ3v) is 6.16. The van der Waals surface area contributed by atoms with E-state index in [0.29, 0.717) is 11.8 Å². The second-order valence-electron chi connectivity index (χ2n) is 7.94. The number of likely N-dealkylation sites (N-methyl/N-ethyl adjacent to an activating group) is 1. The number of pyridine rings is 1. The van der Waals surface area contributed by atoms with E-state index in [1.54, 1.807) is 11.3 Å². The van der Waals surface area contributed by atoms with Crippen LogP contribution in [0.1, 0.15) is 47.1 Å². The molecular weight excluding hydrogens is 306 g/mol. The van der Waals surface area contributed by atoms with Crippen LogP contribution in [0.2, 0.25) is 0 Å². The van der Waals surface area contributed by atoms with Crippen molar-refractivity contribution in [1.29, 1.82) is 0 Å². The van der Waals surface area contributed by atoms with E-state index in [1.807, 2.05) is 12.4 Å². The molecule has 2 unspecified atom stereocenters. The predicted octanol–water partition coefficient (Wildman–Crippen LogP) is 4.45. The highest BCUT2D eigenvalue weighted by Gasteiger charge is 2.33. The number of hydrogen-bond donors (Lipinski definition) is 0. The summed E-state index contributed by atoms with van der Waals surface area (Å²) in [6, 6.07) is 11.4. The van der Waals surface area contributed by atoms with Gasteiger partial charge < -0.3 is 9.47 Å². The topological polar surface area (TPSA) is 21.1 Å². The van der Waals surface area contributed by atoms with Gasteiger partial charge in [0.05, 0.1) is 0 Å². The van der Waals surface area contributed by atoms with Gasteiger partial charge in [0.25, 0.3) is 0 Å². The molecule has 3 aromatic rings. The molecule has 4 heterocycles. The van der Waals surface area contributed by atoms with E-state index in [-0.39, 0.29) is 0 Å². The van der Waals surface area contributed by atoms with Crippen LogP contribution in [-0.2, 0) is 13.1 Å². The Balaban J connectivity index is 1.70. The molecule has 0 radical (unpaired) electrons. The summed E-state index contributed by atoms with van der Waals surface area (Å²) in [4.78, 5) is 6.72. The zero-order chi connectivity index (χ0) is 17.0.